The lowest BCUT2D eigenvalue weighted by molar-refractivity contribution is -0.118. The van der Waals surface area contributed by atoms with Crippen LogP contribution < -0.4 is 11.1 Å². The molecule has 0 unspecified atom stereocenters. The fourth-order valence-corrected chi connectivity index (χ4v) is 1.40. The summed E-state index contributed by atoms with van der Waals surface area (Å²) in [6.07, 6.45) is 1.49. The first-order valence-corrected chi connectivity index (χ1v) is 5.77. The normalized spacial score (nSPS) is 9.89. The highest BCUT2D eigenvalue weighted by Crippen LogP contribution is 2.00. The molecule has 2 amide bonds. The second-order valence-electron chi connectivity index (χ2n) is 3.89. The van der Waals surface area contributed by atoms with Crippen LogP contribution in [0.25, 0.3) is 0 Å². The van der Waals surface area contributed by atoms with Crippen molar-refractivity contribution >= 4 is 17.8 Å². The molecule has 0 saturated carbocycles. The second kappa shape index (κ2) is 7.10. The number of carbonyl (C=O) groups excluding carboxylic acids is 2. The van der Waals surface area contributed by atoms with Gasteiger partial charge in [-0.05, 0) is 25.0 Å². The molecule has 1 aromatic heterocycles. The summed E-state index contributed by atoms with van der Waals surface area (Å²) in [7, 11) is 0. The molecular formula is C12H15N3O4. The van der Waals surface area contributed by atoms with Crippen LogP contribution in [0.2, 0.25) is 0 Å². The predicted octanol–water partition coefficient (Wildman–Crippen LogP) is 0.165. The lowest BCUT2D eigenvalue weighted by Gasteiger charge is -2.04. The van der Waals surface area contributed by atoms with E-state index < -0.39 is 11.9 Å². The molecule has 0 aliphatic heterocycles. The highest BCUT2D eigenvalue weighted by molar-refractivity contribution is 5.94. The average molecular weight is 265 g/mol. The van der Waals surface area contributed by atoms with E-state index in [4.69, 9.17) is 10.8 Å². The largest absolute Gasteiger partial charge is 0.477 e. The Labute approximate surface area is 109 Å². The van der Waals surface area contributed by atoms with Crippen LogP contribution in [-0.2, 0) is 4.79 Å². The van der Waals surface area contributed by atoms with Crippen molar-refractivity contribution in [2.24, 2.45) is 5.73 Å². The van der Waals surface area contributed by atoms with Gasteiger partial charge in [0.05, 0.1) is 0 Å². The van der Waals surface area contributed by atoms with Crippen LogP contribution in [0.4, 0.5) is 0 Å². The van der Waals surface area contributed by atoms with Gasteiger partial charge in [-0.2, -0.15) is 0 Å². The van der Waals surface area contributed by atoms with Gasteiger partial charge in [-0.25, -0.2) is 9.78 Å². The second-order valence-corrected chi connectivity index (χ2v) is 3.89. The van der Waals surface area contributed by atoms with Crippen molar-refractivity contribution in [2.45, 2.75) is 19.3 Å². The maximum atomic E-state index is 11.7. The molecule has 0 bridgehead atoms. The van der Waals surface area contributed by atoms with E-state index in [2.05, 4.69) is 10.3 Å². The molecule has 19 heavy (non-hydrogen) atoms. The zero-order valence-electron chi connectivity index (χ0n) is 10.3. The van der Waals surface area contributed by atoms with E-state index in [1.807, 2.05) is 0 Å². The minimum atomic E-state index is -1.18. The third-order valence-electron chi connectivity index (χ3n) is 2.34. The molecule has 102 valence electrons. The summed E-state index contributed by atoms with van der Waals surface area (Å²) >= 11 is 0. The van der Waals surface area contributed by atoms with Gasteiger partial charge in [-0.1, -0.05) is 6.07 Å². The van der Waals surface area contributed by atoms with Crippen molar-refractivity contribution in [3.8, 4) is 0 Å². The Bertz CT molecular complexity index is 488. The van der Waals surface area contributed by atoms with Gasteiger partial charge >= 0.3 is 5.97 Å². The Balaban J connectivity index is 2.43. The predicted molar refractivity (Wildman–Crippen MR) is 66.6 cm³/mol. The smallest absolute Gasteiger partial charge is 0.354 e. The van der Waals surface area contributed by atoms with Gasteiger partial charge in [0.25, 0.3) is 5.91 Å². The maximum absolute atomic E-state index is 11.7. The molecule has 0 saturated heterocycles. The van der Waals surface area contributed by atoms with E-state index in [1.165, 1.54) is 18.2 Å². The first-order chi connectivity index (χ1) is 9.00. The third-order valence-corrected chi connectivity index (χ3v) is 2.34. The van der Waals surface area contributed by atoms with E-state index in [1.54, 1.807) is 0 Å². The quantitative estimate of drug-likeness (QED) is 0.606. The number of primary amides is 1. The summed E-state index contributed by atoms with van der Waals surface area (Å²) in [5, 5.41) is 11.3. The first-order valence-electron chi connectivity index (χ1n) is 5.77. The van der Waals surface area contributed by atoms with Crippen molar-refractivity contribution in [1.29, 1.82) is 0 Å². The number of pyridine rings is 1. The molecule has 0 spiro atoms. The Morgan fingerprint density at radius 1 is 1.21 bits per heavy atom. The number of hydrogen-bond donors (Lipinski definition) is 3. The molecule has 7 nitrogen and oxygen atoms in total. The molecule has 1 heterocycles. The fraction of sp³-hybridized carbons (Fsp3) is 0.333. The highest BCUT2D eigenvalue weighted by Gasteiger charge is 2.10. The number of aromatic nitrogens is 1. The van der Waals surface area contributed by atoms with E-state index >= 15 is 0 Å². The van der Waals surface area contributed by atoms with E-state index in [-0.39, 0.29) is 23.7 Å². The van der Waals surface area contributed by atoms with Gasteiger partial charge in [0.1, 0.15) is 11.4 Å². The fourth-order valence-electron chi connectivity index (χ4n) is 1.40. The zero-order chi connectivity index (χ0) is 14.3. The van der Waals surface area contributed by atoms with Gasteiger partial charge in [0, 0.05) is 13.0 Å². The summed E-state index contributed by atoms with van der Waals surface area (Å²) in [4.78, 5) is 36.6. The zero-order valence-corrected chi connectivity index (χ0v) is 10.3. The van der Waals surface area contributed by atoms with Crippen LogP contribution in [0.15, 0.2) is 18.2 Å². The minimum absolute atomic E-state index is 0.0507. The molecule has 0 aliphatic carbocycles. The SMILES string of the molecule is NC(=O)CCCCNC(=O)c1cccc(C(=O)O)n1. The van der Waals surface area contributed by atoms with Crippen LogP contribution in [0, 0.1) is 0 Å². The monoisotopic (exact) mass is 265 g/mol. The van der Waals surface area contributed by atoms with Crippen LogP contribution in [0.3, 0.4) is 0 Å². The standard InChI is InChI=1S/C12H15N3O4/c13-10(16)6-1-2-7-14-11(17)8-4-3-5-9(15-8)12(18)19/h3-5H,1-2,6-7H2,(H2,13,16)(H,14,17)(H,18,19). The first kappa shape index (κ1) is 14.6. The summed E-state index contributed by atoms with van der Waals surface area (Å²) in [6, 6.07) is 4.20. The van der Waals surface area contributed by atoms with Gasteiger partial charge in [0.15, 0.2) is 0 Å². The van der Waals surface area contributed by atoms with Crippen LogP contribution in [-0.4, -0.2) is 34.4 Å². The van der Waals surface area contributed by atoms with E-state index in [0.717, 1.165) is 0 Å². The number of nitrogens with two attached hydrogens (primary N) is 1. The number of nitrogens with zero attached hydrogens (tertiary/aromatic N) is 1. The van der Waals surface area contributed by atoms with Crippen LogP contribution >= 0.6 is 0 Å². The molecule has 4 N–H and O–H groups in total. The lowest BCUT2D eigenvalue weighted by atomic mass is 10.2. The van der Waals surface area contributed by atoms with E-state index in [9.17, 15) is 14.4 Å². The highest BCUT2D eigenvalue weighted by atomic mass is 16.4. The lowest BCUT2D eigenvalue weighted by Crippen LogP contribution is -2.26. The number of hydrogen-bond acceptors (Lipinski definition) is 4. The molecular weight excluding hydrogens is 250 g/mol. The molecule has 1 aromatic rings. The number of carboxylic acid groups (broad SMARTS) is 1. The van der Waals surface area contributed by atoms with Crippen LogP contribution in [0.1, 0.15) is 40.2 Å². The molecule has 0 atom stereocenters. The van der Waals surface area contributed by atoms with Crippen molar-refractivity contribution < 1.29 is 19.5 Å². The Morgan fingerprint density at radius 2 is 1.89 bits per heavy atom. The van der Waals surface area contributed by atoms with Gasteiger partial charge in [-0.15, -0.1) is 0 Å². The van der Waals surface area contributed by atoms with Crippen LogP contribution in [0.5, 0.6) is 0 Å². The van der Waals surface area contributed by atoms with Crippen molar-refractivity contribution in [2.75, 3.05) is 6.54 Å². The summed E-state index contributed by atoms with van der Waals surface area (Å²) in [5.41, 5.74) is 4.85. The topological polar surface area (TPSA) is 122 Å². The minimum Gasteiger partial charge on any atom is -0.477 e. The Morgan fingerprint density at radius 3 is 2.53 bits per heavy atom. The van der Waals surface area contributed by atoms with Crippen molar-refractivity contribution in [1.82, 2.24) is 10.3 Å². The summed E-state index contributed by atoms with van der Waals surface area (Å²) < 4.78 is 0. The van der Waals surface area contributed by atoms with Crippen molar-refractivity contribution in [3.63, 3.8) is 0 Å². The maximum Gasteiger partial charge on any atom is 0.354 e. The number of nitrogens with one attached hydrogen (secondary N) is 1. The Hall–Kier alpha value is -2.44. The molecule has 1 rings (SSSR count). The number of aromatic carboxylic acids is 1. The number of carboxylic acids is 1. The van der Waals surface area contributed by atoms with Gasteiger partial charge in [-0.3, -0.25) is 9.59 Å². The van der Waals surface area contributed by atoms with Gasteiger partial charge < -0.3 is 16.2 Å². The molecule has 0 radical (unpaired) electrons. The number of unbranched alkanes of at least 4 members (excludes halogenated alkanes) is 1. The number of carbonyl (C=O) groups is 3. The summed E-state index contributed by atoms with van der Waals surface area (Å²) in [6.45, 7) is 0.380. The van der Waals surface area contributed by atoms with Gasteiger partial charge in [0.2, 0.25) is 5.91 Å². The molecule has 0 aromatic carbocycles. The third kappa shape index (κ3) is 5.15. The molecule has 0 aliphatic rings. The molecule has 0 fully saturated rings. The van der Waals surface area contributed by atoms with E-state index in [0.29, 0.717) is 19.4 Å². The summed E-state index contributed by atoms with van der Waals surface area (Å²) in [5.74, 6) is -2.00. The van der Waals surface area contributed by atoms with Crippen molar-refractivity contribution in [3.05, 3.63) is 29.6 Å². The number of rotatable bonds is 7. The molecule has 7 heteroatoms. The average Bonchev–Trinajstić information content (AvgIpc) is 2.37. The number of amides is 2. The Kier molecular flexibility index (Phi) is 5.46.